The molecule has 1 aliphatic rings. The summed E-state index contributed by atoms with van der Waals surface area (Å²) in [6.07, 6.45) is 0. The number of pyridine rings is 1. The van der Waals surface area contributed by atoms with Gasteiger partial charge in [-0.3, -0.25) is 4.40 Å². The van der Waals surface area contributed by atoms with Crippen LogP contribution in [0, 0.1) is 0 Å². The molecule has 0 saturated carbocycles. The van der Waals surface area contributed by atoms with Crippen molar-refractivity contribution in [3.63, 3.8) is 0 Å². The fourth-order valence-corrected chi connectivity index (χ4v) is 10.9. The fraction of sp³-hybridized carbons (Fsp3) is 0. The van der Waals surface area contributed by atoms with E-state index < -0.39 is 0 Å². The zero-order chi connectivity index (χ0) is 43.0. The summed E-state index contributed by atoms with van der Waals surface area (Å²) in [5.41, 5.74) is 13.5. The molecule has 0 saturated heterocycles. The maximum atomic E-state index is 7.01. The van der Waals surface area contributed by atoms with Gasteiger partial charge in [-0.25, -0.2) is 4.98 Å². The lowest BCUT2D eigenvalue weighted by Crippen LogP contribution is -2.16. The highest BCUT2D eigenvalue weighted by Crippen LogP contribution is 2.54. The Morgan fingerprint density at radius 1 is 0.333 bits per heavy atom. The summed E-state index contributed by atoms with van der Waals surface area (Å²) in [4.78, 5) is 7.49. The quantitative estimate of drug-likeness (QED) is 0.166. The third kappa shape index (κ3) is 5.02. The molecule has 0 atom stereocenters. The molecule has 5 nitrogen and oxygen atoms in total. The molecule has 66 heavy (non-hydrogen) atoms. The van der Waals surface area contributed by atoms with Crippen LogP contribution in [-0.4, -0.2) is 9.38 Å². The van der Waals surface area contributed by atoms with Crippen LogP contribution in [0.5, 0.6) is 11.5 Å². The molecule has 0 fully saturated rings. The second kappa shape index (κ2) is 13.3. The van der Waals surface area contributed by atoms with Crippen LogP contribution in [0.4, 0.5) is 17.1 Å². The highest BCUT2D eigenvalue weighted by atomic mass is 16.5. The molecule has 0 aliphatic carbocycles. The van der Waals surface area contributed by atoms with Crippen LogP contribution in [-0.2, 0) is 0 Å². The van der Waals surface area contributed by atoms with E-state index in [1.807, 2.05) is 12.1 Å². The van der Waals surface area contributed by atoms with Crippen molar-refractivity contribution in [1.29, 1.82) is 0 Å². The monoisotopic (exact) mass is 841 g/mol. The normalized spacial score (nSPS) is 12.6. The minimum Gasteiger partial charge on any atom is -0.456 e. The molecule has 4 heterocycles. The van der Waals surface area contributed by atoms with Crippen molar-refractivity contribution in [3.05, 3.63) is 212 Å². The molecule has 5 heteroatoms. The first kappa shape index (κ1) is 35.5. The van der Waals surface area contributed by atoms with Gasteiger partial charge in [0.2, 0.25) is 0 Å². The van der Waals surface area contributed by atoms with Gasteiger partial charge in [0, 0.05) is 27.2 Å². The fourth-order valence-electron chi connectivity index (χ4n) is 10.9. The summed E-state index contributed by atoms with van der Waals surface area (Å²) >= 11 is 0. The lowest BCUT2D eigenvalue weighted by Gasteiger charge is -2.33. The highest BCUT2D eigenvalue weighted by Gasteiger charge is 2.28. The molecule has 0 radical (unpaired) electrons. The van der Waals surface area contributed by atoms with Gasteiger partial charge >= 0.3 is 0 Å². The Bertz CT molecular complexity index is 4390. The van der Waals surface area contributed by atoms with Crippen molar-refractivity contribution in [2.24, 2.45) is 0 Å². The Labute approximate surface area is 377 Å². The van der Waals surface area contributed by atoms with Crippen molar-refractivity contribution >= 4 is 110 Å². The lowest BCUT2D eigenvalue weighted by atomic mass is 9.90. The summed E-state index contributed by atoms with van der Waals surface area (Å²) in [6, 6.07) is 76.2. The number of imidazole rings is 1. The second-order valence-electron chi connectivity index (χ2n) is 17.5. The molecule has 0 unspecified atom stereocenters. The van der Waals surface area contributed by atoms with Gasteiger partial charge in [0.1, 0.15) is 16.8 Å². The predicted molar refractivity (Wildman–Crippen MR) is 273 cm³/mol. The molecule has 306 valence electrons. The van der Waals surface area contributed by atoms with E-state index in [1.54, 1.807) is 0 Å². The third-order valence-electron chi connectivity index (χ3n) is 13.9. The van der Waals surface area contributed by atoms with E-state index in [9.17, 15) is 0 Å². The van der Waals surface area contributed by atoms with Gasteiger partial charge < -0.3 is 14.1 Å². The van der Waals surface area contributed by atoms with Gasteiger partial charge in [-0.2, -0.15) is 0 Å². The third-order valence-corrected chi connectivity index (χ3v) is 13.9. The number of fused-ring (bicyclic) bond motifs is 19. The van der Waals surface area contributed by atoms with Crippen molar-refractivity contribution in [1.82, 2.24) is 9.38 Å². The van der Waals surface area contributed by atoms with E-state index in [1.165, 1.54) is 48.8 Å². The topological polar surface area (TPSA) is 42.9 Å². The molecular weight excluding hydrogens is 807 g/mol. The molecule has 1 aliphatic heterocycles. The van der Waals surface area contributed by atoms with Crippen LogP contribution in [0.15, 0.2) is 217 Å². The van der Waals surface area contributed by atoms with E-state index in [4.69, 9.17) is 14.1 Å². The van der Waals surface area contributed by atoms with Crippen LogP contribution >= 0.6 is 0 Å². The number of para-hydroxylation sites is 5. The lowest BCUT2D eigenvalue weighted by molar-refractivity contribution is 0.478. The number of hydrogen-bond donors (Lipinski definition) is 0. The molecule has 3 aromatic heterocycles. The van der Waals surface area contributed by atoms with Gasteiger partial charge in [0.15, 0.2) is 11.5 Å². The number of furan rings is 1. The Hall–Kier alpha value is -8.93. The van der Waals surface area contributed by atoms with Gasteiger partial charge in [-0.05, 0) is 151 Å². The maximum Gasteiger partial charge on any atom is 0.152 e. The molecular formula is C61H35N3O2. The van der Waals surface area contributed by atoms with E-state index in [-0.39, 0.29) is 0 Å². The van der Waals surface area contributed by atoms with Crippen molar-refractivity contribution in [2.75, 3.05) is 4.90 Å². The first-order valence-electron chi connectivity index (χ1n) is 22.4. The average Bonchev–Trinajstić information content (AvgIpc) is 3.96. The summed E-state index contributed by atoms with van der Waals surface area (Å²) in [5.74, 6) is 1.61. The molecule has 0 spiro atoms. The molecule has 0 bridgehead atoms. The zero-order valence-corrected chi connectivity index (χ0v) is 35.4. The van der Waals surface area contributed by atoms with Gasteiger partial charge in [0.05, 0.1) is 27.9 Å². The number of ether oxygens (including phenoxy) is 1. The Kier molecular flexibility index (Phi) is 7.16. The van der Waals surface area contributed by atoms with Crippen molar-refractivity contribution in [3.8, 4) is 33.8 Å². The molecule has 14 aromatic rings. The number of rotatable bonds is 3. The van der Waals surface area contributed by atoms with Crippen LogP contribution in [0.3, 0.4) is 0 Å². The SMILES string of the molecule is c1ccc(N2c3ccc(-c4ccc5c(c4)oc4ccccc45)cc3Oc3cc4c5ccccc5c5cc(-c6ccc7c(c6)c6ccccc6n6c8ccccc8nc76)ccc5c4cc32)cc1. The van der Waals surface area contributed by atoms with Crippen molar-refractivity contribution in [2.45, 2.75) is 0 Å². The summed E-state index contributed by atoms with van der Waals surface area (Å²) in [5, 5.41) is 12.9. The molecule has 11 aromatic carbocycles. The highest BCUT2D eigenvalue weighted by molar-refractivity contribution is 6.27. The van der Waals surface area contributed by atoms with Gasteiger partial charge in [-0.15, -0.1) is 0 Å². The molecule has 0 N–H and O–H groups in total. The first-order valence-corrected chi connectivity index (χ1v) is 22.4. The van der Waals surface area contributed by atoms with Crippen molar-refractivity contribution < 1.29 is 9.15 Å². The largest absolute Gasteiger partial charge is 0.456 e. The predicted octanol–water partition coefficient (Wildman–Crippen LogP) is 17.1. The number of anilines is 3. The van der Waals surface area contributed by atoms with E-state index in [0.717, 1.165) is 94.6 Å². The standard InChI is InChI=1S/C61H35N3O2/c1-2-12-40(13-3-1)63-55-29-25-39(38-23-27-46-45-17-7-11-21-57(45)65-58(46)32-38)33-59(55)66-60-35-51-42-15-5-4-14-41(42)48-30-36(22-26-43(48)50(51)34-56(60)63)37-24-28-47-49(31-37)44-16-6-9-19-53(44)64-54-20-10-8-18-52(54)62-61(47)64/h1-35H. The maximum absolute atomic E-state index is 7.01. The number of aromatic nitrogens is 2. The zero-order valence-electron chi connectivity index (χ0n) is 35.4. The van der Waals surface area contributed by atoms with E-state index in [2.05, 4.69) is 209 Å². The Balaban J connectivity index is 0.900. The average molecular weight is 842 g/mol. The van der Waals surface area contributed by atoms with E-state index >= 15 is 0 Å². The van der Waals surface area contributed by atoms with Crippen LogP contribution in [0.25, 0.3) is 115 Å². The van der Waals surface area contributed by atoms with Crippen LogP contribution in [0.1, 0.15) is 0 Å². The minimum atomic E-state index is 0.799. The number of nitrogens with zero attached hydrogens (tertiary/aromatic N) is 3. The molecule has 0 amide bonds. The number of hydrogen-bond acceptors (Lipinski definition) is 4. The molecule has 15 rings (SSSR count). The Morgan fingerprint density at radius 2 is 0.879 bits per heavy atom. The van der Waals surface area contributed by atoms with E-state index in [0.29, 0.717) is 0 Å². The second-order valence-corrected chi connectivity index (χ2v) is 17.5. The first-order chi connectivity index (χ1) is 32.7. The summed E-state index contributed by atoms with van der Waals surface area (Å²) < 4.78 is 15.6. The summed E-state index contributed by atoms with van der Waals surface area (Å²) in [6.45, 7) is 0. The summed E-state index contributed by atoms with van der Waals surface area (Å²) in [7, 11) is 0. The minimum absolute atomic E-state index is 0.799. The number of benzene rings is 11. The van der Waals surface area contributed by atoms with Crippen LogP contribution < -0.4 is 9.64 Å². The smallest absolute Gasteiger partial charge is 0.152 e. The Morgan fingerprint density at radius 3 is 1.70 bits per heavy atom. The van der Waals surface area contributed by atoms with Crippen LogP contribution in [0.2, 0.25) is 0 Å². The van der Waals surface area contributed by atoms with Gasteiger partial charge in [0.25, 0.3) is 0 Å². The van der Waals surface area contributed by atoms with Gasteiger partial charge in [-0.1, -0.05) is 121 Å².